The molecule has 1 aliphatic heterocycles. The van der Waals surface area contributed by atoms with Gasteiger partial charge >= 0.3 is 6.61 Å². The van der Waals surface area contributed by atoms with Crippen LogP contribution in [0.5, 0.6) is 11.5 Å². The summed E-state index contributed by atoms with van der Waals surface area (Å²) in [6.07, 6.45) is 1.61. The monoisotopic (exact) mass is 328 g/mol. The van der Waals surface area contributed by atoms with Crippen LogP contribution in [0.4, 0.5) is 8.78 Å². The van der Waals surface area contributed by atoms with E-state index < -0.39 is 6.61 Å². The highest BCUT2D eigenvalue weighted by Gasteiger charge is 2.28. The SMILES string of the molecule is COc1cccc(C(=O)N2CCC(C(C)N)CC2)c1OC(F)F. The molecule has 1 heterocycles. The molecule has 1 aromatic rings. The first-order valence-electron chi connectivity index (χ1n) is 7.60. The van der Waals surface area contributed by atoms with Crippen molar-refractivity contribution in [2.75, 3.05) is 20.2 Å². The molecule has 1 aromatic carbocycles. The van der Waals surface area contributed by atoms with Crippen LogP contribution in [0.15, 0.2) is 18.2 Å². The number of likely N-dealkylation sites (tertiary alicyclic amines) is 1. The third-order valence-electron chi connectivity index (χ3n) is 4.21. The molecule has 0 bridgehead atoms. The normalized spacial score (nSPS) is 17.2. The third-order valence-corrected chi connectivity index (χ3v) is 4.21. The fourth-order valence-electron chi connectivity index (χ4n) is 2.85. The summed E-state index contributed by atoms with van der Waals surface area (Å²) in [6.45, 7) is 0.0348. The van der Waals surface area contributed by atoms with Gasteiger partial charge in [0.05, 0.1) is 12.7 Å². The Morgan fingerprint density at radius 2 is 2.00 bits per heavy atom. The van der Waals surface area contributed by atoms with E-state index >= 15 is 0 Å². The second kappa shape index (κ2) is 7.59. The number of para-hydroxylation sites is 1. The molecule has 0 spiro atoms. The average Bonchev–Trinajstić information content (AvgIpc) is 2.54. The van der Waals surface area contributed by atoms with E-state index in [1.54, 1.807) is 11.0 Å². The topological polar surface area (TPSA) is 64.8 Å². The number of methoxy groups -OCH3 is 1. The number of nitrogens with zero attached hydrogens (tertiary/aromatic N) is 1. The minimum Gasteiger partial charge on any atom is -0.493 e. The summed E-state index contributed by atoms with van der Waals surface area (Å²) in [5.41, 5.74) is 5.98. The molecular formula is C16H22F2N2O3. The fourth-order valence-corrected chi connectivity index (χ4v) is 2.85. The molecule has 128 valence electrons. The number of amides is 1. The van der Waals surface area contributed by atoms with Crippen molar-refractivity contribution in [3.05, 3.63) is 23.8 Å². The molecule has 1 amide bonds. The molecule has 0 aromatic heterocycles. The van der Waals surface area contributed by atoms with E-state index in [0.717, 1.165) is 12.8 Å². The first-order valence-corrected chi connectivity index (χ1v) is 7.60. The van der Waals surface area contributed by atoms with Crippen molar-refractivity contribution in [3.63, 3.8) is 0 Å². The van der Waals surface area contributed by atoms with Gasteiger partial charge in [-0.15, -0.1) is 0 Å². The highest BCUT2D eigenvalue weighted by Crippen LogP contribution is 2.34. The Bertz CT molecular complexity index is 544. The molecule has 0 aliphatic carbocycles. The van der Waals surface area contributed by atoms with E-state index in [9.17, 15) is 13.6 Å². The number of halogens is 2. The number of carbonyl (C=O) groups excluding carboxylic acids is 1. The molecule has 2 rings (SSSR count). The van der Waals surface area contributed by atoms with E-state index in [1.165, 1.54) is 19.2 Å². The Morgan fingerprint density at radius 3 is 2.52 bits per heavy atom. The average molecular weight is 328 g/mol. The van der Waals surface area contributed by atoms with Gasteiger partial charge < -0.3 is 20.1 Å². The second-order valence-corrected chi connectivity index (χ2v) is 5.70. The number of rotatable bonds is 5. The van der Waals surface area contributed by atoms with Crippen LogP contribution < -0.4 is 15.2 Å². The van der Waals surface area contributed by atoms with Gasteiger partial charge in [0.2, 0.25) is 0 Å². The van der Waals surface area contributed by atoms with Gasteiger partial charge in [-0.1, -0.05) is 6.07 Å². The van der Waals surface area contributed by atoms with Gasteiger partial charge in [0.25, 0.3) is 5.91 Å². The van der Waals surface area contributed by atoms with Crippen molar-refractivity contribution in [2.24, 2.45) is 11.7 Å². The van der Waals surface area contributed by atoms with Gasteiger partial charge in [0.15, 0.2) is 11.5 Å². The second-order valence-electron chi connectivity index (χ2n) is 5.70. The summed E-state index contributed by atoms with van der Waals surface area (Å²) in [6, 6.07) is 4.62. The molecule has 0 saturated carbocycles. The van der Waals surface area contributed by atoms with Crippen molar-refractivity contribution < 1.29 is 23.0 Å². The minimum absolute atomic E-state index is 0.0850. The molecule has 1 aliphatic rings. The number of piperidine rings is 1. The maximum absolute atomic E-state index is 12.7. The van der Waals surface area contributed by atoms with Crippen LogP contribution in [0.2, 0.25) is 0 Å². The van der Waals surface area contributed by atoms with Crippen molar-refractivity contribution in [1.29, 1.82) is 0 Å². The standard InChI is InChI=1S/C16H22F2N2O3/c1-10(19)11-6-8-20(9-7-11)15(21)12-4-3-5-13(22-2)14(12)23-16(17)18/h3-5,10-11,16H,6-9,19H2,1-2H3. The van der Waals surface area contributed by atoms with E-state index in [0.29, 0.717) is 19.0 Å². The smallest absolute Gasteiger partial charge is 0.387 e. The lowest BCUT2D eigenvalue weighted by Gasteiger charge is -2.34. The predicted molar refractivity (Wildman–Crippen MR) is 81.9 cm³/mol. The molecule has 1 atom stereocenters. The first-order chi connectivity index (χ1) is 10.9. The minimum atomic E-state index is -3.03. The zero-order valence-electron chi connectivity index (χ0n) is 13.3. The molecule has 5 nitrogen and oxygen atoms in total. The largest absolute Gasteiger partial charge is 0.493 e. The van der Waals surface area contributed by atoms with E-state index in [4.69, 9.17) is 10.5 Å². The fraction of sp³-hybridized carbons (Fsp3) is 0.562. The summed E-state index contributed by atoms with van der Waals surface area (Å²) >= 11 is 0. The predicted octanol–water partition coefficient (Wildman–Crippen LogP) is 2.50. The van der Waals surface area contributed by atoms with E-state index in [2.05, 4.69) is 4.74 Å². The molecule has 1 saturated heterocycles. The number of nitrogens with two attached hydrogens (primary N) is 1. The highest BCUT2D eigenvalue weighted by atomic mass is 19.3. The molecule has 1 unspecified atom stereocenters. The zero-order chi connectivity index (χ0) is 17.0. The van der Waals surface area contributed by atoms with Crippen molar-refractivity contribution in [2.45, 2.75) is 32.4 Å². The van der Waals surface area contributed by atoms with E-state index in [1.807, 2.05) is 6.92 Å². The molecule has 0 radical (unpaired) electrons. The molecule has 7 heteroatoms. The summed E-state index contributed by atoms with van der Waals surface area (Å²) in [5.74, 6) is -0.0604. The lowest BCUT2D eigenvalue weighted by atomic mass is 9.90. The van der Waals surface area contributed by atoms with Gasteiger partial charge in [0, 0.05) is 19.1 Å². The van der Waals surface area contributed by atoms with Gasteiger partial charge in [-0.25, -0.2) is 0 Å². The lowest BCUT2D eigenvalue weighted by Crippen LogP contribution is -2.42. The summed E-state index contributed by atoms with van der Waals surface area (Å²) < 4.78 is 34.8. The molecule has 2 N–H and O–H groups in total. The van der Waals surface area contributed by atoms with Crippen LogP contribution in [-0.2, 0) is 0 Å². The highest BCUT2D eigenvalue weighted by molar-refractivity contribution is 5.97. The maximum atomic E-state index is 12.7. The van der Waals surface area contributed by atoms with Crippen molar-refractivity contribution in [1.82, 2.24) is 4.90 Å². The summed E-state index contributed by atoms with van der Waals surface area (Å²) in [7, 11) is 1.34. The summed E-state index contributed by atoms with van der Waals surface area (Å²) in [5, 5.41) is 0. The maximum Gasteiger partial charge on any atom is 0.387 e. The van der Waals surface area contributed by atoms with Crippen molar-refractivity contribution >= 4 is 5.91 Å². The molecule has 23 heavy (non-hydrogen) atoms. The Labute approximate surface area is 134 Å². The zero-order valence-corrected chi connectivity index (χ0v) is 13.3. The van der Waals surface area contributed by atoms with Crippen LogP contribution in [0.1, 0.15) is 30.1 Å². The van der Waals surface area contributed by atoms with Gasteiger partial charge in [-0.3, -0.25) is 4.79 Å². The number of carbonyl (C=O) groups is 1. The van der Waals surface area contributed by atoms with Crippen LogP contribution in [0.25, 0.3) is 0 Å². The number of benzene rings is 1. The van der Waals surface area contributed by atoms with Crippen LogP contribution in [-0.4, -0.2) is 43.7 Å². The van der Waals surface area contributed by atoms with Gasteiger partial charge in [-0.05, 0) is 37.8 Å². The quantitative estimate of drug-likeness (QED) is 0.902. The van der Waals surface area contributed by atoms with E-state index in [-0.39, 0.29) is 29.0 Å². The number of hydrogen-bond acceptors (Lipinski definition) is 4. The number of ether oxygens (including phenoxy) is 2. The van der Waals surface area contributed by atoms with Crippen molar-refractivity contribution in [3.8, 4) is 11.5 Å². The van der Waals surface area contributed by atoms with Crippen LogP contribution in [0.3, 0.4) is 0 Å². The Kier molecular flexibility index (Phi) is 5.76. The first kappa shape index (κ1) is 17.5. The third kappa shape index (κ3) is 4.10. The lowest BCUT2D eigenvalue weighted by molar-refractivity contribution is -0.0516. The summed E-state index contributed by atoms with van der Waals surface area (Å²) in [4.78, 5) is 14.3. The van der Waals surface area contributed by atoms with Crippen LogP contribution in [0, 0.1) is 5.92 Å². The number of hydrogen-bond donors (Lipinski definition) is 1. The Balaban J connectivity index is 2.19. The molecular weight excluding hydrogens is 306 g/mol. The Morgan fingerprint density at radius 1 is 1.35 bits per heavy atom. The van der Waals surface area contributed by atoms with Crippen LogP contribution >= 0.6 is 0 Å². The Hall–Kier alpha value is -1.89. The van der Waals surface area contributed by atoms with Gasteiger partial charge in [-0.2, -0.15) is 8.78 Å². The van der Waals surface area contributed by atoms with Gasteiger partial charge in [0.1, 0.15) is 0 Å². The molecule has 1 fully saturated rings. The number of alkyl halides is 2.